The van der Waals surface area contributed by atoms with Gasteiger partial charge in [0.1, 0.15) is 17.5 Å². The van der Waals surface area contributed by atoms with E-state index in [1.54, 1.807) is 0 Å². The molecule has 1 saturated heterocycles. The van der Waals surface area contributed by atoms with E-state index in [4.69, 9.17) is 4.84 Å². The maximum atomic E-state index is 12.7. The zero-order valence-electron chi connectivity index (χ0n) is 19.6. The van der Waals surface area contributed by atoms with Gasteiger partial charge >= 0.3 is 0 Å². The van der Waals surface area contributed by atoms with Crippen LogP contribution in [-0.4, -0.2) is 52.6 Å². The van der Waals surface area contributed by atoms with Gasteiger partial charge in [-0.3, -0.25) is 4.79 Å². The SMILES string of the molecule is CC1(C)/C(=N/O[C@@H]2CCNC2)CC[C@]2(C)[C@H]3CC[C@]4(C)C(=O)CC[C@H]4[C@@H]3C[C@H](O)[C@@]12O. The van der Waals surface area contributed by atoms with E-state index >= 15 is 0 Å². The van der Waals surface area contributed by atoms with E-state index in [2.05, 4.69) is 24.3 Å². The zero-order valence-corrected chi connectivity index (χ0v) is 19.6. The summed E-state index contributed by atoms with van der Waals surface area (Å²) in [6, 6.07) is 0. The Bertz CT molecular complexity index is 790. The van der Waals surface area contributed by atoms with Crippen molar-refractivity contribution in [2.45, 2.75) is 96.9 Å². The molecule has 5 aliphatic rings. The van der Waals surface area contributed by atoms with Crippen LogP contribution in [0.3, 0.4) is 0 Å². The molecular weight excluding hydrogens is 392 g/mol. The largest absolute Gasteiger partial charge is 0.391 e. The highest BCUT2D eigenvalue weighted by atomic mass is 16.6. The van der Waals surface area contributed by atoms with Crippen LogP contribution >= 0.6 is 0 Å². The minimum absolute atomic E-state index is 0.0860. The lowest BCUT2D eigenvalue weighted by Gasteiger charge is -2.68. The molecule has 174 valence electrons. The highest BCUT2D eigenvalue weighted by Crippen LogP contribution is 2.69. The lowest BCUT2D eigenvalue weighted by atomic mass is 9.38. The number of nitrogens with zero attached hydrogens (tertiary/aromatic N) is 1. The number of hydrogen-bond acceptors (Lipinski definition) is 6. The predicted molar refractivity (Wildman–Crippen MR) is 119 cm³/mol. The lowest BCUT2D eigenvalue weighted by Crippen LogP contribution is -2.74. The van der Waals surface area contributed by atoms with E-state index in [0.29, 0.717) is 36.4 Å². The summed E-state index contributed by atoms with van der Waals surface area (Å²) in [4.78, 5) is 18.5. The van der Waals surface area contributed by atoms with Crippen molar-refractivity contribution < 1.29 is 19.8 Å². The molecule has 4 aliphatic carbocycles. The molecule has 0 bridgehead atoms. The Labute approximate surface area is 186 Å². The fourth-order valence-electron chi connectivity index (χ4n) is 8.70. The number of ketones is 1. The number of aliphatic hydroxyl groups excluding tert-OH is 1. The highest BCUT2D eigenvalue weighted by Gasteiger charge is 2.72. The van der Waals surface area contributed by atoms with Crippen LogP contribution in [0.15, 0.2) is 5.16 Å². The van der Waals surface area contributed by atoms with Crippen LogP contribution in [0.25, 0.3) is 0 Å². The number of rotatable bonds is 2. The number of oxime groups is 1. The molecule has 1 heterocycles. The molecular formula is C25H40N2O4. The quantitative estimate of drug-likeness (QED) is 0.584. The second-order valence-corrected chi connectivity index (χ2v) is 12.1. The van der Waals surface area contributed by atoms with Gasteiger partial charge in [0.05, 0.1) is 11.8 Å². The summed E-state index contributed by atoms with van der Waals surface area (Å²) in [5, 5.41) is 31.7. The molecule has 0 aromatic carbocycles. The number of aliphatic hydroxyl groups is 2. The number of carbonyl (C=O) groups excluding carboxylic acids is 1. The Morgan fingerprint density at radius 3 is 2.55 bits per heavy atom. The van der Waals surface area contributed by atoms with Crippen LogP contribution in [0.1, 0.15) is 79.1 Å². The van der Waals surface area contributed by atoms with E-state index in [1.807, 2.05) is 13.8 Å². The molecule has 1 aliphatic heterocycles. The first kappa shape index (κ1) is 21.8. The topological polar surface area (TPSA) is 91.2 Å². The molecule has 4 saturated carbocycles. The lowest BCUT2D eigenvalue weighted by molar-refractivity contribution is -0.273. The average molecular weight is 433 g/mol. The second kappa shape index (κ2) is 7.01. The summed E-state index contributed by atoms with van der Waals surface area (Å²) in [5.41, 5.74) is -1.70. The van der Waals surface area contributed by atoms with Crippen LogP contribution in [0.2, 0.25) is 0 Å². The molecule has 0 radical (unpaired) electrons. The van der Waals surface area contributed by atoms with E-state index in [1.165, 1.54) is 0 Å². The maximum absolute atomic E-state index is 12.7. The number of hydrogen-bond donors (Lipinski definition) is 3. The molecule has 5 rings (SSSR count). The van der Waals surface area contributed by atoms with Gasteiger partial charge < -0.3 is 20.4 Å². The molecule has 0 amide bonds. The van der Waals surface area contributed by atoms with Crippen molar-refractivity contribution in [1.29, 1.82) is 0 Å². The van der Waals surface area contributed by atoms with Gasteiger partial charge in [-0.1, -0.05) is 32.9 Å². The first-order valence-electron chi connectivity index (χ1n) is 12.4. The summed E-state index contributed by atoms with van der Waals surface area (Å²) in [6.07, 6.45) is 5.86. The van der Waals surface area contributed by atoms with Gasteiger partial charge in [-0.05, 0) is 62.8 Å². The third-order valence-electron chi connectivity index (χ3n) is 10.7. The van der Waals surface area contributed by atoms with Crippen molar-refractivity contribution in [1.82, 2.24) is 5.32 Å². The average Bonchev–Trinajstić information content (AvgIpc) is 3.33. The van der Waals surface area contributed by atoms with Crippen LogP contribution in [0, 0.1) is 34.0 Å². The van der Waals surface area contributed by atoms with Crippen LogP contribution in [-0.2, 0) is 9.63 Å². The Balaban J connectivity index is 1.47. The smallest absolute Gasteiger partial charge is 0.141 e. The number of Topliss-reactive ketones (excluding diaryl/α,β-unsaturated/α-hetero) is 1. The monoisotopic (exact) mass is 432 g/mol. The Hall–Kier alpha value is -0.980. The van der Waals surface area contributed by atoms with Gasteiger partial charge in [-0.25, -0.2) is 0 Å². The summed E-state index contributed by atoms with van der Waals surface area (Å²) in [5.74, 6) is 1.38. The molecule has 5 fully saturated rings. The summed E-state index contributed by atoms with van der Waals surface area (Å²) < 4.78 is 0. The molecule has 6 nitrogen and oxygen atoms in total. The molecule has 6 heteroatoms. The number of fused-ring (bicyclic) bond motifs is 5. The molecule has 0 aromatic heterocycles. The van der Waals surface area contributed by atoms with E-state index in [-0.39, 0.29) is 11.5 Å². The Kier molecular flexibility index (Phi) is 4.94. The van der Waals surface area contributed by atoms with Gasteiger partial charge in [0.2, 0.25) is 0 Å². The maximum Gasteiger partial charge on any atom is 0.141 e. The van der Waals surface area contributed by atoms with E-state index < -0.39 is 22.5 Å². The van der Waals surface area contributed by atoms with Gasteiger partial charge in [-0.2, -0.15) is 0 Å². The molecule has 31 heavy (non-hydrogen) atoms. The molecule has 3 N–H and O–H groups in total. The normalized spacial score (nSPS) is 52.5. The molecule has 8 atom stereocenters. The summed E-state index contributed by atoms with van der Waals surface area (Å²) in [6.45, 7) is 10.2. The van der Waals surface area contributed by atoms with Crippen molar-refractivity contribution in [3.8, 4) is 0 Å². The summed E-state index contributed by atoms with van der Waals surface area (Å²) in [7, 11) is 0. The van der Waals surface area contributed by atoms with Gasteiger partial charge in [-0.15, -0.1) is 0 Å². The first-order chi connectivity index (χ1) is 14.6. The minimum Gasteiger partial charge on any atom is -0.391 e. The number of nitrogens with one attached hydrogen (secondary N) is 1. The fourth-order valence-corrected chi connectivity index (χ4v) is 8.70. The zero-order chi connectivity index (χ0) is 22.2. The van der Waals surface area contributed by atoms with Crippen molar-refractivity contribution in [3.63, 3.8) is 0 Å². The van der Waals surface area contributed by atoms with Crippen molar-refractivity contribution in [2.75, 3.05) is 13.1 Å². The van der Waals surface area contributed by atoms with Crippen molar-refractivity contribution in [2.24, 2.45) is 39.2 Å². The molecule has 0 spiro atoms. The Morgan fingerprint density at radius 2 is 1.84 bits per heavy atom. The highest BCUT2D eigenvalue weighted by molar-refractivity contribution is 5.92. The fraction of sp³-hybridized carbons (Fsp3) is 0.920. The van der Waals surface area contributed by atoms with Crippen LogP contribution in [0.4, 0.5) is 0 Å². The van der Waals surface area contributed by atoms with Crippen molar-refractivity contribution in [3.05, 3.63) is 0 Å². The second-order valence-electron chi connectivity index (χ2n) is 12.1. The third-order valence-corrected chi connectivity index (χ3v) is 10.7. The van der Waals surface area contributed by atoms with Gasteiger partial charge in [0.15, 0.2) is 0 Å². The molecule has 0 aromatic rings. The van der Waals surface area contributed by atoms with E-state index in [0.717, 1.165) is 57.3 Å². The third kappa shape index (κ3) is 2.73. The minimum atomic E-state index is -1.26. The number of carbonyl (C=O) groups is 1. The van der Waals surface area contributed by atoms with Crippen molar-refractivity contribution >= 4 is 11.5 Å². The standard InChI is InChI=1S/C25H40N2O4/c1-22(2)19(27-31-15-9-12-26-14-15)8-11-24(4)18-7-10-23(3)17(5-6-20(23)28)16(18)13-21(29)25(22,24)30/h15-18,21,26,29-30H,5-14H2,1-4H3/b27-19+/t15-,16+,17+,18+,21+,23+,24-,25-/m1/s1. The predicted octanol–water partition coefficient (Wildman–Crippen LogP) is 3.05. The van der Waals surface area contributed by atoms with Gasteiger partial charge in [0, 0.05) is 35.6 Å². The Morgan fingerprint density at radius 1 is 1.06 bits per heavy atom. The van der Waals surface area contributed by atoms with E-state index in [9.17, 15) is 15.0 Å². The van der Waals surface area contributed by atoms with Crippen LogP contribution < -0.4 is 5.32 Å². The van der Waals surface area contributed by atoms with Crippen LogP contribution in [0.5, 0.6) is 0 Å². The first-order valence-corrected chi connectivity index (χ1v) is 12.4. The summed E-state index contributed by atoms with van der Waals surface area (Å²) >= 11 is 0. The van der Waals surface area contributed by atoms with Gasteiger partial charge in [0.25, 0.3) is 0 Å². The molecule has 0 unspecified atom stereocenters.